The molecule has 6 nitrogen and oxygen atoms in total. The molecule has 6 heteroatoms. The summed E-state index contributed by atoms with van der Waals surface area (Å²) < 4.78 is 5.45. The number of amides is 2. The van der Waals surface area contributed by atoms with Crippen molar-refractivity contribution in [3.8, 4) is 6.07 Å². The summed E-state index contributed by atoms with van der Waals surface area (Å²) in [5.74, 6) is 0.986. The van der Waals surface area contributed by atoms with Crippen LogP contribution in [0.1, 0.15) is 34.7 Å². The highest BCUT2D eigenvalue weighted by Crippen LogP contribution is 2.42. The van der Waals surface area contributed by atoms with E-state index in [0.29, 0.717) is 43.1 Å². The highest BCUT2D eigenvalue weighted by molar-refractivity contribution is 5.97. The fraction of sp³-hybridized carbons (Fsp3) is 0.350. The monoisotopic (exact) mass is 349 g/mol. The number of furan rings is 1. The Morgan fingerprint density at radius 1 is 1.27 bits per heavy atom. The van der Waals surface area contributed by atoms with Crippen molar-refractivity contribution in [3.63, 3.8) is 0 Å². The van der Waals surface area contributed by atoms with Gasteiger partial charge in [0.1, 0.15) is 5.76 Å². The maximum Gasteiger partial charge on any atom is 0.289 e. The number of benzene rings is 1. The van der Waals surface area contributed by atoms with Crippen molar-refractivity contribution in [2.45, 2.75) is 19.8 Å². The van der Waals surface area contributed by atoms with E-state index in [1.54, 1.807) is 40.1 Å². The second-order valence-electron chi connectivity index (χ2n) is 7.21. The molecule has 2 fully saturated rings. The number of carbonyl (C=O) groups is 2. The summed E-state index contributed by atoms with van der Waals surface area (Å²) in [6.07, 6.45) is 1.21. The maximum absolute atomic E-state index is 12.6. The van der Waals surface area contributed by atoms with Crippen molar-refractivity contribution >= 4 is 17.5 Å². The molecule has 132 valence electrons. The Kier molecular flexibility index (Phi) is 3.80. The first-order chi connectivity index (χ1) is 12.5. The molecular formula is C20H19N3O3. The standard InChI is InChI=1S/C20H19N3O3/c1-14-5-6-17(26-14)19(25)22-8-7-20(12-22)10-18(24)23(13-20)16-4-2-3-15(9-16)11-21/h2-6,9H,7-8,10,12-13H2,1H3. The van der Waals surface area contributed by atoms with Crippen LogP contribution >= 0.6 is 0 Å². The first-order valence-electron chi connectivity index (χ1n) is 8.66. The number of aryl methyl sites for hydroxylation is 1. The number of rotatable bonds is 2. The fourth-order valence-corrected chi connectivity index (χ4v) is 3.96. The molecule has 0 saturated carbocycles. The Morgan fingerprint density at radius 2 is 2.12 bits per heavy atom. The zero-order valence-electron chi connectivity index (χ0n) is 14.6. The molecule has 2 aliphatic rings. The van der Waals surface area contributed by atoms with Crippen LogP contribution in [0.4, 0.5) is 5.69 Å². The first kappa shape index (κ1) is 16.4. The molecular weight excluding hydrogens is 330 g/mol. The van der Waals surface area contributed by atoms with Crippen LogP contribution in [0.3, 0.4) is 0 Å². The van der Waals surface area contributed by atoms with Crippen LogP contribution in [0.15, 0.2) is 40.8 Å². The number of hydrogen-bond acceptors (Lipinski definition) is 4. The van der Waals surface area contributed by atoms with Crippen LogP contribution < -0.4 is 4.90 Å². The van der Waals surface area contributed by atoms with Gasteiger partial charge in [-0.15, -0.1) is 0 Å². The Morgan fingerprint density at radius 3 is 2.85 bits per heavy atom. The predicted octanol–water partition coefficient (Wildman–Crippen LogP) is 2.73. The van der Waals surface area contributed by atoms with Crippen molar-refractivity contribution in [2.75, 3.05) is 24.5 Å². The largest absolute Gasteiger partial charge is 0.456 e. The van der Waals surface area contributed by atoms with Gasteiger partial charge in [-0.25, -0.2) is 0 Å². The molecule has 1 unspecified atom stereocenters. The van der Waals surface area contributed by atoms with Gasteiger partial charge in [0.2, 0.25) is 5.91 Å². The summed E-state index contributed by atoms with van der Waals surface area (Å²) in [6.45, 7) is 3.55. The van der Waals surface area contributed by atoms with Gasteiger partial charge in [0.15, 0.2) is 5.76 Å². The lowest BCUT2D eigenvalue weighted by molar-refractivity contribution is -0.117. The summed E-state index contributed by atoms with van der Waals surface area (Å²) in [5.41, 5.74) is 1.06. The van der Waals surface area contributed by atoms with Crippen LogP contribution in [0, 0.1) is 23.7 Å². The third-order valence-corrected chi connectivity index (χ3v) is 5.28. The lowest BCUT2D eigenvalue weighted by Gasteiger charge is -2.24. The van der Waals surface area contributed by atoms with E-state index in [9.17, 15) is 9.59 Å². The molecule has 0 N–H and O–H groups in total. The average molecular weight is 349 g/mol. The molecule has 0 radical (unpaired) electrons. The van der Waals surface area contributed by atoms with Crippen molar-refractivity contribution < 1.29 is 14.0 Å². The van der Waals surface area contributed by atoms with Crippen LogP contribution in [-0.4, -0.2) is 36.3 Å². The Balaban J connectivity index is 1.51. The van der Waals surface area contributed by atoms with Crippen molar-refractivity contribution in [3.05, 3.63) is 53.5 Å². The Bertz CT molecular complexity index is 926. The third-order valence-electron chi connectivity index (χ3n) is 5.28. The van der Waals surface area contributed by atoms with Gasteiger partial charge in [0, 0.05) is 37.2 Å². The zero-order valence-corrected chi connectivity index (χ0v) is 14.6. The number of anilines is 1. The Labute approximate surface area is 151 Å². The topological polar surface area (TPSA) is 77.5 Å². The minimum Gasteiger partial charge on any atom is -0.456 e. The predicted molar refractivity (Wildman–Crippen MR) is 94.5 cm³/mol. The number of nitriles is 1. The van der Waals surface area contributed by atoms with E-state index in [4.69, 9.17) is 9.68 Å². The number of likely N-dealkylation sites (tertiary alicyclic amines) is 1. The van der Waals surface area contributed by atoms with Crippen LogP contribution in [-0.2, 0) is 4.79 Å². The SMILES string of the molecule is Cc1ccc(C(=O)N2CCC3(CC(=O)N(c4cccc(C#N)c4)C3)C2)o1. The maximum atomic E-state index is 12.6. The summed E-state index contributed by atoms with van der Waals surface area (Å²) >= 11 is 0. The number of carbonyl (C=O) groups excluding carboxylic acids is 2. The molecule has 0 aliphatic carbocycles. The van der Waals surface area contributed by atoms with Crippen molar-refractivity contribution in [1.82, 2.24) is 4.90 Å². The molecule has 2 aliphatic heterocycles. The Hall–Kier alpha value is -3.07. The third kappa shape index (κ3) is 2.76. The van der Waals surface area contributed by atoms with E-state index in [1.165, 1.54) is 0 Å². The van der Waals surface area contributed by atoms with Gasteiger partial charge < -0.3 is 14.2 Å². The minimum absolute atomic E-state index is 0.0447. The normalized spacial score (nSPS) is 22.2. The smallest absolute Gasteiger partial charge is 0.289 e. The van der Waals surface area contributed by atoms with Gasteiger partial charge in [0.05, 0.1) is 11.6 Å². The zero-order chi connectivity index (χ0) is 18.3. The lowest BCUT2D eigenvalue weighted by atomic mass is 9.86. The first-order valence-corrected chi connectivity index (χ1v) is 8.66. The molecule has 1 aromatic heterocycles. The van der Waals surface area contributed by atoms with E-state index in [0.717, 1.165) is 12.1 Å². The summed E-state index contributed by atoms with van der Waals surface area (Å²) in [5, 5.41) is 9.08. The van der Waals surface area contributed by atoms with Gasteiger partial charge in [-0.3, -0.25) is 9.59 Å². The van der Waals surface area contributed by atoms with E-state index < -0.39 is 0 Å². The molecule has 1 aromatic carbocycles. The number of nitrogens with zero attached hydrogens (tertiary/aromatic N) is 3. The van der Waals surface area contributed by atoms with E-state index in [2.05, 4.69) is 6.07 Å². The van der Waals surface area contributed by atoms with Crippen molar-refractivity contribution in [2.24, 2.45) is 5.41 Å². The molecule has 2 amide bonds. The lowest BCUT2D eigenvalue weighted by Crippen LogP contribution is -2.34. The fourth-order valence-electron chi connectivity index (χ4n) is 3.96. The molecule has 1 spiro atoms. The highest BCUT2D eigenvalue weighted by Gasteiger charge is 2.49. The summed E-state index contributed by atoms with van der Waals surface area (Å²) in [4.78, 5) is 28.7. The van der Waals surface area contributed by atoms with Gasteiger partial charge in [-0.1, -0.05) is 6.07 Å². The molecule has 0 bridgehead atoms. The molecule has 3 heterocycles. The molecule has 26 heavy (non-hydrogen) atoms. The summed E-state index contributed by atoms with van der Waals surface area (Å²) in [7, 11) is 0. The molecule has 1 atom stereocenters. The molecule has 4 rings (SSSR count). The minimum atomic E-state index is -0.225. The van der Waals surface area contributed by atoms with Crippen LogP contribution in [0.2, 0.25) is 0 Å². The highest BCUT2D eigenvalue weighted by atomic mass is 16.3. The van der Waals surface area contributed by atoms with Crippen LogP contribution in [0.5, 0.6) is 0 Å². The summed E-state index contributed by atoms with van der Waals surface area (Å²) in [6, 6.07) is 12.7. The second kappa shape index (κ2) is 6.03. The van der Waals surface area contributed by atoms with Crippen molar-refractivity contribution in [1.29, 1.82) is 5.26 Å². The van der Waals surface area contributed by atoms with E-state index in [1.807, 2.05) is 13.0 Å². The van der Waals surface area contributed by atoms with Gasteiger partial charge >= 0.3 is 0 Å². The molecule has 2 aromatic rings. The van der Waals surface area contributed by atoms with E-state index >= 15 is 0 Å². The quantitative estimate of drug-likeness (QED) is 0.835. The van der Waals surface area contributed by atoms with Gasteiger partial charge in [0.25, 0.3) is 5.91 Å². The van der Waals surface area contributed by atoms with Gasteiger partial charge in [-0.2, -0.15) is 5.26 Å². The number of hydrogen-bond donors (Lipinski definition) is 0. The average Bonchev–Trinajstić information content (AvgIpc) is 3.34. The second-order valence-corrected chi connectivity index (χ2v) is 7.21. The van der Waals surface area contributed by atoms with Crippen LogP contribution in [0.25, 0.3) is 0 Å². The molecule has 2 saturated heterocycles. The van der Waals surface area contributed by atoms with Gasteiger partial charge in [-0.05, 0) is 43.7 Å². The van der Waals surface area contributed by atoms with E-state index in [-0.39, 0.29) is 17.2 Å².